The van der Waals surface area contributed by atoms with E-state index in [2.05, 4.69) is 4.72 Å². The predicted molar refractivity (Wildman–Crippen MR) is 76.0 cm³/mol. The second kappa shape index (κ2) is 5.60. The topological polar surface area (TPSA) is 72.2 Å². The molecule has 0 unspecified atom stereocenters. The number of halogens is 1. The maximum atomic E-state index is 12.8. The van der Waals surface area contributed by atoms with Gasteiger partial charge in [-0.1, -0.05) is 12.1 Å². The van der Waals surface area contributed by atoms with Crippen LogP contribution < -0.4 is 10.5 Å². The number of nitrogens with two attached hydrogens (primary N) is 1. The van der Waals surface area contributed by atoms with Crippen molar-refractivity contribution in [3.63, 3.8) is 0 Å². The van der Waals surface area contributed by atoms with Gasteiger partial charge in [-0.3, -0.25) is 0 Å². The standard InChI is InChI=1S/C14H15FN2O2S/c1-10-8-13(6-7-14(10)16)20(18,19)17-9-11-2-4-12(15)5-3-11/h2-8,17H,9,16H2,1H3. The highest BCUT2D eigenvalue weighted by Crippen LogP contribution is 2.17. The SMILES string of the molecule is Cc1cc(S(=O)(=O)NCc2ccc(F)cc2)ccc1N. The lowest BCUT2D eigenvalue weighted by molar-refractivity contribution is 0.581. The first-order valence-electron chi connectivity index (χ1n) is 5.99. The van der Waals surface area contributed by atoms with Crippen molar-refractivity contribution in [3.8, 4) is 0 Å². The van der Waals surface area contributed by atoms with Crippen molar-refractivity contribution < 1.29 is 12.8 Å². The van der Waals surface area contributed by atoms with Crippen molar-refractivity contribution in [3.05, 3.63) is 59.4 Å². The molecule has 0 aliphatic heterocycles. The number of anilines is 1. The molecule has 2 aromatic rings. The quantitative estimate of drug-likeness (QED) is 0.849. The van der Waals surface area contributed by atoms with Crippen molar-refractivity contribution in [2.45, 2.75) is 18.4 Å². The average molecular weight is 294 g/mol. The Morgan fingerprint density at radius 3 is 2.40 bits per heavy atom. The Morgan fingerprint density at radius 1 is 1.15 bits per heavy atom. The number of sulfonamides is 1. The van der Waals surface area contributed by atoms with E-state index < -0.39 is 10.0 Å². The smallest absolute Gasteiger partial charge is 0.240 e. The van der Waals surface area contributed by atoms with Gasteiger partial charge in [0.15, 0.2) is 0 Å². The third-order valence-corrected chi connectivity index (χ3v) is 4.33. The molecule has 0 aliphatic carbocycles. The van der Waals surface area contributed by atoms with Crippen molar-refractivity contribution in [1.82, 2.24) is 4.72 Å². The number of hydrogen-bond acceptors (Lipinski definition) is 3. The Bertz CT molecular complexity index is 712. The molecule has 0 spiro atoms. The minimum absolute atomic E-state index is 0.103. The van der Waals surface area contributed by atoms with Crippen LogP contribution in [-0.2, 0) is 16.6 Å². The van der Waals surface area contributed by atoms with Crippen LogP contribution in [0.3, 0.4) is 0 Å². The maximum absolute atomic E-state index is 12.8. The van der Waals surface area contributed by atoms with Gasteiger partial charge in [-0.15, -0.1) is 0 Å². The van der Waals surface area contributed by atoms with Crippen LogP contribution in [0.5, 0.6) is 0 Å². The van der Waals surface area contributed by atoms with Gasteiger partial charge in [0.25, 0.3) is 0 Å². The van der Waals surface area contributed by atoms with Crippen LogP contribution in [0.2, 0.25) is 0 Å². The largest absolute Gasteiger partial charge is 0.399 e. The lowest BCUT2D eigenvalue weighted by Crippen LogP contribution is -2.23. The molecule has 20 heavy (non-hydrogen) atoms. The Labute approximate surface area is 117 Å². The first-order valence-corrected chi connectivity index (χ1v) is 7.47. The van der Waals surface area contributed by atoms with Crippen LogP contribution in [-0.4, -0.2) is 8.42 Å². The molecule has 0 heterocycles. The molecule has 0 aromatic heterocycles. The second-order valence-corrected chi connectivity index (χ2v) is 6.24. The fraction of sp³-hybridized carbons (Fsp3) is 0.143. The Hall–Kier alpha value is -1.92. The minimum Gasteiger partial charge on any atom is -0.399 e. The summed E-state index contributed by atoms with van der Waals surface area (Å²) in [7, 11) is -3.61. The highest BCUT2D eigenvalue weighted by atomic mass is 32.2. The van der Waals surface area contributed by atoms with Gasteiger partial charge in [0, 0.05) is 12.2 Å². The van der Waals surface area contributed by atoms with E-state index >= 15 is 0 Å². The van der Waals surface area contributed by atoms with Gasteiger partial charge in [0.1, 0.15) is 5.82 Å². The molecule has 0 radical (unpaired) electrons. The summed E-state index contributed by atoms with van der Waals surface area (Å²) in [5.74, 6) is -0.356. The van der Waals surface area contributed by atoms with Gasteiger partial charge in [-0.05, 0) is 48.4 Å². The van der Waals surface area contributed by atoms with E-state index in [-0.39, 0.29) is 17.3 Å². The number of aryl methyl sites for hydroxylation is 1. The number of nitrogens with one attached hydrogen (secondary N) is 1. The van der Waals surface area contributed by atoms with E-state index in [4.69, 9.17) is 5.73 Å². The molecule has 0 aliphatic rings. The zero-order valence-corrected chi connectivity index (χ0v) is 11.7. The van der Waals surface area contributed by atoms with Crippen LogP contribution in [0.1, 0.15) is 11.1 Å². The third-order valence-electron chi connectivity index (χ3n) is 2.93. The van der Waals surface area contributed by atoms with Crippen molar-refractivity contribution in [2.75, 3.05) is 5.73 Å². The van der Waals surface area contributed by atoms with Gasteiger partial charge in [0.05, 0.1) is 4.90 Å². The van der Waals surface area contributed by atoms with Crippen molar-refractivity contribution >= 4 is 15.7 Å². The van der Waals surface area contributed by atoms with Crippen LogP contribution in [0.4, 0.5) is 10.1 Å². The number of nitrogen functional groups attached to an aromatic ring is 1. The highest BCUT2D eigenvalue weighted by Gasteiger charge is 2.14. The molecular formula is C14H15FN2O2S. The summed E-state index contributed by atoms with van der Waals surface area (Å²) in [6.07, 6.45) is 0. The summed E-state index contributed by atoms with van der Waals surface area (Å²) in [5.41, 5.74) is 7.59. The number of rotatable bonds is 4. The molecule has 0 amide bonds. The molecule has 0 fully saturated rings. The van der Waals surface area contributed by atoms with Gasteiger partial charge in [-0.2, -0.15) is 0 Å². The molecule has 2 rings (SSSR count). The second-order valence-electron chi connectivity index (χ2n) is 4.47. The fourth-order valence-corrected chi connectivity index (χ4v) is 2.78. The first kappa shape index (κ1) is 14.5. The molecule has 0 saturated heterocycles. The molecule has 3 N–H and O–H groups in total. The normalized spacial score (nSPS) is 11.5. The van der Waals surface area contributed by atoms with Crippen molar-refractivity contribution in [1.29, 1.82) is 0 Å². The molecule has 0 atom stereocenters. The molecular weight excluding hydrogens is 279 g/mol. The average Bonchev–Trinajstić information content (AvgIpc) is 2.41. The third kappa shape index (κ3) is 3.34. The van der Waals surface area contributed by atoms with Gasteiger partial charge < -0.3 is 5.73 Å². The van der Waals surface area contributed by atoms with E-state index in [1.165, 1.54) is 36.4 Å². The van der Waals surface area contributed by atoms with E-state index in [0.29, 0.717) is 16.8 Å². The fourth-order valence-electron chi connectivity index (χ4n) is 1.68. The van der Waals surface area contributed by atoms with E-state index in [1.807, 2.05) is 0 Å². The van der Waals surface area contributed by atoms with Gasteiger partial charge in [-0.25, -0.2) is 17.5 Å². The monoisotopic (exact) mass is 294 g/mol. The summed E-state index contributed by atoms with van der Waals surface area (Å²) in [5, 5.41) is 0. The number of benzene rings is 2. The maximum Gasteiger partial charge on any atom is 0.240 e. The minimum atomic E-state index is -3.61. The molecule has 0 saturated carbocycles. The Kier molecular flexibility index (Phi) is 4.06. The van der Waals surface area contributed by atoms with Crippen LogP contribution in [0.15, 0.2) is 47.4 Å². The number of hydrogen-bond donors (Lipinski definition) is 2. The predicted octanol–water partition coefficient (Wildman–Crippen LogP) is 2.19. The summed E-state index contributed by atoms with van der Waals surface area (Å²) in [4.78, 5) is 0.159. The van der Waals surface area contributed by atoms with Crippen LogP contribution in [0, 0.1) is 12.7 Å². The van der Waals surface area contributed by atoms with Crippen molar-refractivity contribution in [2.24, 2.45) is 0 Å². The van der Waals surface area contributed by atoms with E-state index in [0.717, 1.165) is 0 Å². The molecule has 4 nitrogen and oxygen atoms in total. The zero-order valence-electron chi connectivity index (χ0n) is 10.9. The first-order chi connectivity index (χ1) is 9.38. The lowest BCUT2D eigenvalue weighted by atomic mass is 10.2. The van der Waals surface area contributed by atoms with E-state index in [9.17, 15) is 12.8 Å². The lowest BCUT2D eigenvalue weighted by Gasteiger charge is -2.08. The molecule has 2 aromatic carbocycles. The van der Waals surface area contributed by atoms with Crippen LogP contribution in [0.25, 0.3) is 0 Å². The Morgan fingerprint density at radius 2 is 1.80 bits per heavy atom. The summed E-state index contributed by atoms with van der Waals surface area (Å²) < 4.78 is 39.4. The van der Waals surface area contributed by atoms with E-state index in [1.54, 1.807) is 13.0 Å². The summed E-state index contributed by atoms with van der Waals surface area (Å²) in [6, 6.07) is 10.2. The zero-order chi connectivity index (χ0) is 14.8. The summed E-state index contributed by atoms with van der Waals surface area (Å²) in [6.45, 7) is 1.85. The molecule has 0 bridgehead atoms. The molecule has 106 valence electrons. The summed E-state index contributed by atoms with van der Waals surface area (Å²) >= 11 is 0. The highest BCUT2D eigenvalue weighted by molar-refractivity contribution is 7.89. The van der Waals surface area contributed by atoms with Gasteiger partial charge >= 0.3 is 0 Å². The van der Waals surface area contributed by atoms with Gasteiger partial charge in [0.2, 0.25) is 10.0 Å². The molecule has 6 heteroatoms. The van der Waals surface area contributed by atoms with Crippen LogP contribution >= 0.6 is 0 Å². The Balaban J connectivity index is 2.14.